The third-order valence-electron chi connectivity index (χ3n) is 5.53. The zero-order chi connectivity index (χ0) is 24.1. The molecule has 1 aromatic heterocycles. The highest BCUT2D eigenvalue weighted by molar-refractivity contribution is 14.1. The molecule has 1 amide bonds. The minimum atomic E-state index is -0.301. The van der Waals surface area contributed by atoms with Crippen LogP contribution < -0.4 is 15.1 Å². The van der Waals surface area contributed by atoms with Gasteiger partial charge in [0.1, 0.15) is 5.82 Å². The van der Waals surface area contributed by atoms with Gasteiger partial charge >= 0.3 is 5.97 Å². The molecule has 9 heteroatoms. The zero-order valence-electron chi connectivity index (χ0n) is 18.6. The lowest BCUT2D eigenvalue weighted by Gasteiger charge is -2.36. The van der Waals surface area contributed by atoms with Gasteiger partial charge in [0, 0.05) is 47.3 Å². The molecule has 0 saturated carbocycles. The highest BCUT2D eigenvalue weighted by Crippen LogP contribution is 2.23. The zero-order valence-corrected chi connectivity index (χ0v) is 21.5. The van der Waals surface area contributed by atoms with Crippen LogP contribution in [0.5, 0.6) is 0 Å². The van der Waals surface area contributed by atoms with Crippen molar-refractivity contribution < 1.29 is 14.3 Å². The van der Waals surface area contributed by atoms with Gasteiger partial charge in [0.05, 0.1) is 22.8 Å². The Morgan fingerprint density at radius 1 is 1.00 bits per heavy atom. The number of aromatic nitrogens is 1. The molecule has 176 valence electrons. The van der Waals surface area contributed by atoms with E-state index in [1.165, 1.54) is 0 Å². The van der Waals surface area contributed by atoms with Gasteiger partial charge in [-0.1, -0.05) is 11.6 Å². The highest BCUT2D eigenvalue weighted by atomic mass is 127. The van der Waals surface area contributed by atoms with Crippen LogP contribution in [-0.2, 0) is 4.74 Å². The topological polar surface area (TPSA) is 74.8 Å². The van der Waals surface area contributed by atoms with E-state index < -0.39 is 0 Å². The average Bonchev–Trinajstić information content (AvgIpc) is 2.87. The first-order chi connectivity index (χ1) is 16.4. The fourth-order valence-corrected chi connectivity index (χ4v) is 4.22. The van der Waals surface area contributed by atoms with E-state index in [9.17, 15) is 9.59 Å². The van der Waals surface area contributed by atoms with Gasteiger partial charge in [-0.15, -0.1) is 0 Å². The summed E-state index contributed by atoms with van der Waals surface area (Å²) < 4.78 is 5.97. The van der Waals surface area contributed by atoms with Crippen LogP contribution in [0.1, 0.15) is 27.6 Å². The molecule has 0 aliphatic carbocycles. The van der Waals surface area contributed by atoms with Crippen LogP contribution in [0.15, 0.2) is 60.8 Å². The number of hydrogen-bond acceptors (Lipinski definition) is 6. The Bertz CT molecular complexity index is 1160. The van der Waals surface area contributed by atoms with Crippen LogP contribution in [0.4, 0.5) is 17.2 Å². The van der Waals surface area contributed by atoms with Gasteiger partial charge in [-0.3, -0.25) is 4.79 Å². The van der Waals surface area contributed by atoms with Crippen molar-refractivity contribution in [2.24, 2.45) is 0 Å². The molecule has 1 saturated heterocycles. The van der Waals surface area contributed by atoms with Crippen molar-refractivity contribution in [3.63, 3.8) is 0 Å². The summed E-state index contributed by atoms with van der Waals surface area (Å²) in [5.41, 5.74) is 2.76. The Morgan fingerprint density at radius 3 is 2.29 bits per heavy atom. The van der Waals surface area contributed by atoms with Crippen LogP contribution >= 0.6 is 34.2 Å². The van der Waals surface area contributed by atoms with Gasteiger partial charge in [0.2, 0.25) is 0 Å². The molecule has 7 nitrogen and oxygen atoms in total. The number of anilines is 3. The van der Waals surface area contributed by atoms with Crippen LogP contribution in [0, 0.1) is 3.57 Å². The summed E-state index contributed by atoms with van der Waals surface area (Å²) in [6, 6.07) is 16.6. The molecule has 1 N–H and O–H groups in total. The van der Waals surface area contributed by atoms with Crippen LogP contribution in [0.2, 0.25) is 5.02 Å². The predicted octanol–water partition coefficient (Wildman–Crippen LogP) is 5.10. The molecular formula is C25H24ClIN4O3. The predicted molar refractivity (Wildman–Crippen MR) is 143 cm³/mol. The van der Waals surface area contributed by atoms with Crippen LogP contribution in [0.3, 0.4) is 0 Å². The van der Waals surface area contributed by atoms with Gasteiger partial charge in [-0.05, 0) is 84.1 Å². The second-order valence-electron chi connectivity index (χ2n) is 7.73. The molecule has 0 bridgehead atoms. The molecule has 3 aromatic rings. The van der Waals surface area contributed by atoms with Gasteiger partial charge in [0.25, 0.3) is 5.91 Å². The summed E-state index contributed by atoms with van der Waals surface area (Å²) >= 11 is 8.27. The van der Waals surface area contributed by atoms with Crippen LogP contribution in [0.25, 0.3) is 0 Å². The summed E-state index contributed by atoms with van der Waals surface area (Å²) in [5.74, 6) is 0.308. The molecule has 0 atom stereocenters. The second-order valence-corrected chi connectivity index (χ2v) is 9.30. The standard InChI is InChI=1S/C25H24ClIN4O3/c1-2-34-25(33)17-3-7-20(8-4-17)30-11-13-31(14-12-30)23-10-5-18(16-28-23)24(32)29-19-6-9-22(27)21(26)15-19/h3-10,15-16H,2,11-14H2,1H3,(H,29,32). The van der Waals surface area contributed by atoms with E-state index in [0.29, 0.717) is 28.4 Å². The second kappa shape index (κ2) is 11.1. The van der Waals surface area contributed by atoms with Crippen molar-refractivity contribution in [2.75, 3.05) is 47.9 Å². The maximum absolute atomic E-state index is 12.6. The number of halogens is 2. The van der Waals surface area contributed by atoms with Crippen molar-refractivity contribution in [2.45, 2.75) is 6.92 Å². The number of benzene rings is 2. The summed E-state index contributed by atoms with van der Waals surface area (Å²) in [6.45, 7) is 5.43. The van der Waals surface area contributed by atoms with E-state index in [1.807, 2.05) is 30.3 Å². The number of hydrogen-bond donors (Lipinski definition) is 1. The summed E-state index contributed by atoms with van der Waals surface area (Å²) in [4.78, 5) is 33.4. The lowest BCUT2D eigenvalue weighted by molar-refractivity contribution is 0.0526. The van der Waals surface area contributed by atoms with Gasteiger partial charge in [0.15, 0.2) is 0 Å². The van der Waals surface area contributed by atoms with Crippen molar-refractivity contribution in [1.29, 1.82) is 0 Å². The Hall–Kier alpha value is -2.85. The molecule has 2 heterocycles. The minimum Gasteiger partial charge on any atom is -0.462 e. The molecule has 1 aliphatic rings. The molecule has 0 radical (unpaired) electrons. The van der Waals surface area contributed by atoms with Crippen molar-refractivity contribution >= 4 is 63.3 Å². The number of piperazine rings is 1. The van der Waals surface area contributed by atoms with Gasteiger partial charge in [-0.25, -0.2) is 9.78 Å². The van der Waals surface area contributed by atoms with Crippen molar-refractivity contribution in [1.82, 2.24) is 4.98 Å². The third kappa shape index (κ3) is 5.79. The first-order valence-corrected chi connectivity index (χ1v) is 12.4. The van der Waals surface area contributed by atoms with Gasteiger partial charge in [-0.2, -0.15) is 0 Å². The molecule has 0 unspecified atom stereocenters. The number of pyridine rings is 1. The number of nitrogens with zero attached hydrogens (tertiary/aromatic N) is 3. The number of rotatable bonds is 6. The number of amides is 1. The van der Waals surface area contributed by atoms with E-state index in [2.05, 4.69) is 42.7 Å². The third-order valence-corrected chi connectivity index (χ3v) is 7.11. The van der Waals surface area contributed by atoms with Crippen molar-refractivity contribution in [3.05, 3.63) is 80.5 Å². The summed E-state index contributed by atoms with van der Waals surface area (Å²) in [7, 11) is 0. The lowest BCUT2D eigenvalue weighted by Crippen LogP contribution is -2.46. The molecular weight excluding hydrogens is 567 g/mol. The molecule has 1 fully saturated rings. The molecule has 0 spiro atoms. The normalized spacial score (nSPS) is 13.5. The number of carbonyl (C=O) groups excluding carboxylic acids is 2. The molecule has 4 rings (SSSR count). The Labute approximate surface area is 217 Å². The molecule has 1 aliphatic heterocycles. The monoisotopic (exact) mass is 590 g/mol. The van der Waals surface area contributed by atoms with E-state index in [1.54, 1.807) is 37.4 Å². The SMILES string of the molecule is CCOC(=O)c1ccc(N2CCN(c3ccc(C(=O)Nc4ccc(I)c(Cl)c4)cn3)CC2)cc1. The average molecular weight is 591 g/mol. The molecule has 2 aromatic carbocycles. The van der Waals surface area contributed by atoms with E-state index in [-0.39, 0.29) is 11.9 Å². The maximum atomic E-state index is 12.6. The fraction of sp³-hybridized carbons (Fsp3) is 0.240. The van der Waals surface area contributed by atoms with Gasteiger partial charge < -0.3 is 19.9 Å². The number of ether oxygens (including phenoxy) is 1. The summed E-state index contributed by atoms with van der Waals surface area (Å²) in [6.07, 6.45) is 1.60. The van der Waals surface area contributed by atoms with E-state index in [0.717, 1.165) is 41.3 Å². The smallest absolute Gasteiger partial charge is 0.338 e. The Balaban J connectivity index is 1.32. The maximum Gasteiger partial charge on any atom is 0.338 e. The summed E-state index contributed by atoms with van der Waals surface area (Å²) in [5, 5.41) is 3.45. The molecule has 34 heavy (non-hydrogen) atoms. The van der Waals surface area contributed by atoms with E-state index in [4.69, 9.17) is 16.3 Å². The minimum absolute atomic E-state index is 0.229. The first kappa shape index (κ1) is 24.3. The number of esters is 1. The number of nitrogens with one attached hydrogen (secondary N) is 1. The Morgan fingerprint density at radius 2 is 1.68 bits per heavy atom. The van der Waals surface area contributed by atoms with Crippen LogP contribution in [-0.4, -0.2) is 49.6 Å². The van der Waals surface area contributed by atoms with Crippen molar-refractivity contribution in [3.8, 4) is 0 Å². The number of carbonyl (C=O) groups is 2. The first-order valence-electron chi connectivity index (χ1n) is 10.9. The highest BCUT2D eigenvalue weighted by Gasteiger charge is 2.19. The Kier molecular flexibility index (Phi) is 7.89. The largest absolute Gasteiger partial charge is 0.462 e. The fourth-order valence-electron chi connectivity index (χ4n) is 3.70. The van der Waals surface area contributed by atoms with E-state index >= 15 is 0 Å². The lowest BCUT2D eigenvalue weighted by atomic mass is 10.1. The quantitative estimate of drug-likeness (QED) is 0.318.